The molecule has 4 nitrogen and oxygen atoms in total. The number of carbonyl (C=O) groups is 1. The highest BCUT2D eigenvalue weighted by atomic mass is 35.5. The van der Waals surface area contributed by atoms with Gasteiger partial charge in [0.2, 0.25) is 0 Å². The Bertz CT molecular complexity index is 926. The molecule has 8 heteroatoms. The molecule has 1 fully saturated rings. The summed E-state index contributed by atoms with van der Waals surface area (Å²) < 4.78 is 48.8. The molecule has 0 unspecified atom stereocenters. The number of hydrogen-bond acceptors (Lipinski definition) is 3. The first kappa shape index (κ1) is 21.3. The predicted octanol–water partition coefficient (Wildman–Crippen LogP) is 5.30. The third kappa shape index (κ3) is 4.01. The predicted molar refractivity (Wildman–Crippen MR) is 104 cm³/mol. The lowest BCUT2D eigenvalue weighted by atomic mass is 10.0. The van der Waals surface area contributed by atoms with Crippen LogP contribution in [0.25, 0.3) is 0 Å². The smallest absolute Gasteiger partial charge is 0.416 e. The minimum atomic E-state index is -4.38. The van der Waals surface area contributed by atoms with E-state index in [9.17, 15) is 18.0 Å². The second kappa shape index (κ2) is 7.44. The first-order valence-corrected chi connectivity index (χ1v) is 9.28. The maximum Gasteiger partial charge on any atom is 0.416 e. The summed E-state index contributed by atoms with van der Waals surface area (Å²) in [6, 6.07) is 7.82. The fourth-order valence-electron chi connectivity index (χ4n) is 3.67. The van der Waals surface area contributed by atoms with Gasteiger partial charge in [-0.3, -0.25) is 4.79 Å². The van der Waals surface area contributed by atoms with Crippen LogP contribution in [0.15, 0.2) is 36.4 Å². The molecule has 156 valence electrons. The quantitative estimate of drug-likeness (QED) is 0.704. The zero-order valence-corrected chi connectivity index (χ0v) is 17.1. The summed E-state index contributed by atoms with van der Waals surface area (Å²) in [5.74, 6) is 0.218. The van der Waals surface area contributed by atoms with Gasteiger partial charge in [-0.2, -0.15) is 13.2 Å². The van der Waals surface area contributed by atoms with E-state index < -0.39 is 11.7 Å². The molecule has 3 rings (SSSR count). The van der Waals surface area contributed by atoms with E-state index in [0.717, 1.165) is 17.7 Å². The molecule has 0 saturated heterocycles. The summed E-state index contributed by atoms with van der Waals surface area (Å²) in [5, 5.41) is 3.22. The van der Waals surface area contributed by atoms with E-state index in [1.54, 1.807) is 0 Å². The van der Waals surface area contributed by atoms with Gasteiger partial charge in [0.25, 0.3) is 5.91 Å². The van der Waals surface area contributed by atoms with Crippen molar-refractivity contribution in [3.8, 4) is 11.5 Å². The summed E-state index contributed by atoms with van der Waals surface area (Å²) in [6.45, 7) is 3.91. The lowest BCUT2D eigenvalue weighted by molar-refractivity contribution is -0.137. The van der Waals surface area contributed by atoms with Gasteiger partial charge in [0.15, 0.2) is 0 Å². The Morgan fingerprint density at radius 3 is 2.17 bits per heavy atom. The first-order valence-electron chi connectivity index (χ1n) is 8.90. The van der Waals surface area contributed by atoms with Crippen LogP contribution in [0.1, 0.15) is 41.3 Å². The van der Waals surface area contributed by atoms with Gasteiger partial charge >= 0.3 is 6.18 Å². The van der Waals surface area contributed by atoms with Crippen LogP contribution < -0.4 is 14.8 Å². The van der Waals surface area contributed by atoms with Gasteiger partial charge in [-0.1, -0.05) is 37.6 Å². The molecule has 1 N–H and O–H groups in total. The standard InChI is InChI=1S/C21H21ClF3NO3/c1-20(2)17(11-5-7-12(8-6-11)21(23,24)25)18(20)26-19(27)13-9-14(22)16(29-4)10-15(13)28-3/h5-10,17-18H,1-4H3,(H,26,27)/t17-,18-/m0/s1. The Labute approximate surface area is 172 Å². The van der Waals surface area contributed by atoms with E-state index in [2.05, 4.69) is 5.32 Å². The molecule has 0 aromatic heterocycles. The normalized spacial score (nSPS) is 20.1. The van der Waals surface area contributed by atoms with E-state index in [1.165, 1.54) is 38.5 Å². The summed E-state index contributed by atoms with van der Waals surface area (Å²) >= 11 is 6.13. The third-order valence-corrected chi connectivity index (χ3v) is 5.72. The monoisotopic (exact) mass is 427 g/mol. The molecule has 2 aromatic rings. The van der Waals surface area contributed by atoms with Crippen LogP contribution in [0.2, 0.25) is 5.02 Å². The van der Waals surface area contributed by atoms with Crippen molar-refractivity contribution in [1.82, 2.24) is 5.32 Å². The molecule has 0 radical (unpaired) electrons. The van der Waals surface area contributed by atoms with Crippen LogP contribution in [-0.4, -0.2) is 26.2 Å². The highest BCUT2D eigenvalue weighted by molar-refractivity contribution is 6.32. The van der Waals surface area contributed by atoms with Gasteiger partial charge in [-0.15, -0.1) is 0 Å². The fraction of sp³-hybridized carbons (Fsp3) is 0.381. The average molecular weight is 428 g/mol. The number of amides is 1. The molecule has 1 amide bonds. The van der Waals surface area contributed by atoms with Gasteiger partial charge in [0, 0.05) is 18.0 Å². The molecule has 1 saturated carbocycles. The number of hydrogen-bond donors (Lipinski definition) is 1. The number of benzene rings is 2. The van der Waals surface area contributed by atoms with E-state index in [0.29, 0.717) is 11.5 Å². The number of methoxy groups -OCH3 is 2. The van der Waals surface area contributed by atoms with Crippen LogP contribution in [0.3, 0.4) is 0 Å². The summed E-state index contributed by atoms with van der Waals surface area (Å²) in [5.41, 5.74) is -0.00284. The van der Waals surface area contributed by atoms with Gasteiger partial charge in [0.1, 0.15) is 11.5 Å². The number of rotatable bonds is 5. The van der Waals surface area contributed by atoms with Gasteiger partial charge in [-0.05, 0) is 29.2 Å². The maximum absolute atomic E-state index is 12.8. The number of carbonyl (C=O) groups excluding carboxylic acids is 1. The minimum absolute atomic E-state index is 0.103. The Hall–Kier alpha value is -2.41. The molecule has 29 heavy (non-hydrogen) atoms. The summed E-state index contributed by atoms with van der Waals surface area (Å²) in [4.78, 5) is 12.8. The Balaban J connectivity index is 1.80. The molecular weight excluding hydrogens is 407 g/mol. The topological polar surface area (TPSA) is 47.6 Å². The van der Waals surface area contributed by atoms with Crippen molar-refractivity contribution in [3.05, 3.63) is 58.1 Å². The van der Waals surface area contributed by atoms with Crippen LogP contribution >= 0.6 is 11.6 Å². The lowest BCUT2D eigenvalue weighted by Gasteiger charge is -2.13. The molecule has 0 heterocycles. The number of ether oxygens (including phenoxy) is 2. The fourth-order valence-corrected chi connectivity index (χ4v) is 3.91. The Morgan fingerprint density at radius 1 is 1.07 bits per heavy atom. The first-order chi connectivity index (χ1) is 13.5. The highest BCUT2D eigenvalue weighted by Crippen LogP contribution is 2.59. The summed E-state index contributed by atoms with van der Waals surface area (Å²) in [6.07, 6.45) is -4.38. The average Bonchev–Trinajstić information content (AvgIpc) is 3.20. The van der Waals surface area contributed by atoms with Gasteiger partial charge in [0.05, 0.1) is 30.4 Å². The zero-order chi connectivity index (χ0) is 21.6. The second-order valence-corrected chi connectivity index (χ2v) is 7.96. The largest absolute Gasteiger partial charge is 0.496 e. The van der Waals surface area contributed by atoms with Crippen molar-refractivity contribution < 1.29 is 27.4 Å². The molecule has 0 bridgehead atoms. The zero-order valence-electron chi connectivity index (χ0n) is 16.4. The van der Waals surface area contributed by atoms with E-state index in [-0.39, 0.29) is 33.9 Å². The molecular formula is C21H21ClF3NO3. The molecule has 2 atom stereocenters. The van der Waals surface area contributed by atoms with Crippen molar-refractivity contribution >= 4 is 17.5 Å². The van der Waals surface area contributed by atoms with E-state index in [4.69, 9.17) is 21.1 Å². The molecule has 2 aromatic carbocycles. The summed E-state index contributed by atoms with van der Waals surface area (Å²) in [7, 11) is 2.90. The number of halogens is 4. The van der Waals surface area contributed by atoms with E-state index in [1.807, 2.05) is 13.8 Å². The van der Waals surface area contributed by atoms with E-state index >= 15 is 0 Å². The highest BCUT2D eigenvalue weighted by Gasteiger charge is 2.59. The molecule has 1 aliphatic carbocycles. The minimum Gasteiger partial charge on any atom is -0.496 e. The maximum atomic E-state index is 12.8. The Kier molecular flexibility index (Phi) is 5.47. The van der Waals surface area contributed by atoms with Crippen molar-refractivity contribution in [1.29, 1.82) is 0 Å². The molecule has 0 spiro atoms. The SMILES string of the molecule is COc1cc(OC)c(C(=O)N[C@H]2[C@H](c3ccc(C(F)(F)F)cc3)C2(C)C)cc1Cl. The molecule has 0 aliphatic heterocycles. The van der Waals surface area contributed by atoms with Gasteiger partial charge in [-0.25, -0.2) is 0 Å². The van der Waals surface area contributed by atoms with Crippen molar-refractivity contribution in [3.63, 3.8) is 0 Å². The van der Waals surface area contributed by atoms with Gasteiger partial charge < -0.3 is 14.8 Å². The van der Waals surface area contributed by atoms with Crippen LogP contribution in [-0.2, 0) is 6.18 Å². The second-order valence-electron chi connectivity index (χ2n) is 7.56. The molecule has 1 aliphatic rings. The van der Waals surface area contributed by atoms with Crippen molar-refractivity contribution in [2.24, 2.45) is 5.41 Å². The number of nitrogens with one attached hydrogen (secondary N) is 1. The third-order valence-electron chi connectivity index (χ3n) is 5.43. The number of alkyl halides is 3. The Morgan fingerprint density at radius 2 is 1.66 bits per heavy atom. The van der Waals surface area contributed by atoms with Crippen molar-refractivity contribution in [2.75, 3.05) is 14.2 Å². The lowest BCUT2D eigenvalue weighted by Crippen LogP contribution is -2.29. The van der Waals surface area contributed by atoms with Crippen LogP contribution in [0.5, 0.6) is 11.5 Å². The van der Waals surface area contributed by atoms with Crippen LogP contribution in [0, 0.1) is 5.41 Å². The van der Waals surface area contributed by atoms with Crippen LogP contribution in [0.4, 0.5) is 13.2 Å². The van der Waals surface area contributed by atoms with Crippen molar-refractivity contribution in [2.45, 2.75) is 32.0 Å².